The number of hydrogen-bond donors (Lipinski definition) is 2. The minimum Gasteiger partial charge on any atom is -0.494 e. The van der Waals surface area contributed by atoms with Crippen molar-refractivity contribution in [3.05, 3.63) is 48.5 Å². The predicted molar refractivity (Wildman–Crippen MR) is 111 cm³/mol. The number of nitrogens with one attached hydrogen (secondary N) is 2. The SMILES string of the molecule is CC(=O)Nc1ccc(OCCCCCCOc2ccc(NC(C)=O)cc2)cc1. The molecule has 0 aliphatic heterocycles. The maximum atomic E-state index is 11.0. The van der Waals surface area contributed by atoms with Crippen molar-refractivity contribution < 1.29 is 19.1 Å². The van der Waals surface area contributed by atoms with Crippen LogP contribution in [-0.2, 0) is 9.59 Å². The van der Waals surface area contributed by atoms with Gasteiger partial charge in [-0.1, -0.05) is 0 Å². The van der Waals surface area contributed by atoms with Gasteiger partial charge in [-0.25, -0.2) is 0 Å². The van der Waals surface area contributed by atoms with Crippen molar-refractivity contribution >= 4 is 23.2 Å². The number of amides is 2. The normalized spacial score (nSPS) is 10.2. The van der Waals surface area contributed by atoms with Gasteiger partial charge in [0.25, 0.3) is 0 Å². The van der Waals surface area contributed by atoms with Gasteiger partial charge in [0.05, 0.1) is 13.2 Å². The van der Waals surface area contributed by atoms with Crippen LogP contribution in [0.1, 0.15) is 39.5 Å². The topological polar surface area (TPSA) is 76.7 Å². The molecule has 0 bridgehead atoms. The highest BCUT2D eigenvalue weighted by Crippen LogP contribution is 2.17. The summed E-state index contributed by atoms with van der Waals surface area (Å²) in [6.45, 7) is 4.31. The molecule has 0 aliphatic carbocycles. The fraction of sp³-hybridized carbons (Fsp3) is 0.364. The Morgan fingerprint density at radius 2 is 1.00 bits per heavy atom. The van der Waals surface area contributed by atoms with Crippen LogP contribution in [-0.4, -0.2) is 25.0 Å². The molecule has 0 aliphatic rings. The van der Waals surface area contributed by atoms with Gasteiger partial charge >= 0.3 is 0 Å². The quantitative estimate of drug-likeness (QED) is 0.554. The van der Waals surface area contributed by atoms with Crippen molar-refractivity contribution in [3.63, 3.8) is 0 Å². The lowest BCUT2D eigenvalue weighted by Gasteiger charge is -2.09. The number of ether oxygens (including phenoxy) is 2. The smallest absolute Gasteiger partial charge is 0.221 e. The number of hydrogen-bond acceptors (Lipinski definition) is 4. The highest BCUT2D eigenvalue weighted by molar-refractivity contribution is 5.89. The third kappa shape index (κ3) is 8.58. The van der Waals surface area contributed by atoms with E-state index >= 15 is 0 Å². The van der Waals surface area contributed by atoms with Crippen LogP contribution >= 0.6 is 0 Å². The van der Waals surface area contributed by atoms with Gasteiger partial charge in [-0.2, -0.15) is 0 Å². The summed E-state index contributed by atoms with van der Waals surface area (Å²) in [7, 11) is 0. The summed E-state index contributed by atoms with van der Waals surface area (Å²) in [5.41, 5.74) is 1.54. The third-order valence-electron chi connectivity index (χ3n) is 3.93. The Morgan fingerprint density at radius 1 is 0.643 bits per heavy atom. The first-order valence-corrected chi connectivity index (χ1v) is 9.54. The summed E-state index contributed by atoms with van der Waals surface area (Å²) in [5.74, 6) is 1.44. The summed E-state index contributed by atoms with van der Waals surface area (Å²) >= 11 is 0. The number of carbonyl (C=O) groups excluding carboxylic acids is 2. The molecule has 0 aromatic heterocycles. The summed E-state index contributed by atoms with van der Waals surface area (Å²) in [4.78, 5) is 22.0. The molecule has 6 heteroatoms. The van der Waals surface area contributed by atoms with Crippen LogP contribution in [0.2, 0.25) is 0 Å². The zero-order valence-corrected chi connectivity index (χ0v) is 16.5. The van der Waals surface area contributed by atoms with E-state index in [1.165, 1.54) is 13.8 Å². The minimum atomic E-state index is -0.0837. The Labute approximate surface area is 166 Å². The van der Waals surface area contributed by atoms with Crippen LogP contribution in [0.15, 0.2) is 48.5 Å². The maximum absolute atomic E-state index is 11.0. The molecule has 0 fully saturated rings. The zero-order valence-electron chi connectivity index (χ0n) is 16.5. The van der Waals surface area contributed by atoms with E-state index in [4.69, 9.17) is 9.47 Å². The van der Waals surface area contributed by atoms with Crippen molar-refractivity contribution in [2.24, 2.45) is 0 Å². The lowest BCUT2D eigenvalue weighted by atomic mass is 10.2. The van der Waals surface area contributed by atoms with Crippen LogP contribution in [0.3, 0.4) is 0 Å². The van der Waals surface area contributed by atoms with Crippen molar-refractivity contribution in [3.8, 4) is 11.5 Å². The highest BCUT2D eigenvalue weighted by atomic mass is 16.5. The molecule has 28 heavy (non-hydrogen) atoms. The standard InChI is InChI=1S/C22H28N2O4/c1-17(25)23-19-7-11-21(12-8-19)27-15-5-3-4-6-16-28-22-13-9-20(10-14-22)24-18(2)26/h7-14H,3-6,15-16H2,1-2H3,(H,23,25)(H,24,26). The van der Waals surface area contributed by atoms with Crippen LogP contribution in [0, 0.1) is 0 Å². The molecule has 0 saturated carbocycles. The summed E-state index contributed by atoms with van der Waals surface area (Å²) in [5, 5.41) is 5.45. The second-order valence-electron chi connectivity index (χ2n) is 6.52. The van der Waals surface area contributed by atoms with Crippen LogP contribution in [0.25, 0.3) is 0 Å². The fourth-order valence-corrected chi connectivity index (χ4v) is 2.61. The van der Waals surface area contributed by atoms with Crippen molar-refractivity contribution in [2.45, 2.75) is 39.5 Å². The average molecular weight is 384 g/mol. The molecular formula is C22H28N2O4. The highest BCUT2D eigenvalue weighted by Gasteiger charge is 1.99. The fourth-order valence-electron chi connectivity index (χ4n) is 2.61. The maximum Gasteiger partial charge on any atom is 0.221 e. The van der Waals surface area contributed by atoms with Gasteiger partial charge in [-0.3, -0.25) is 9.59 Å². The van der Waals surface area contributed by atoms with Gasteiger partial charge < -0.3 is 20.1 Å². The molecule has 0 atom stereocenters. The van der Waals surface area contributed by atoms with Crippen molar-refractivity contribution in [1.29, 1.82) is 0 Å². The molecule has 2 N–H and O–H groups in total. The predicted octanol–water partition coefficient (Wildman–Crippen LogP) is 4.62. The Morgan fingerprint density at radius 3 is 1.32 bits per heavy atom. The second kappa shape index (κ2) is 11.6. The van der Waals surface area contributed by atoms with Crippen LogP contribution in [0.4, 0.5) is 11.4 Å². The molecule has 0 spiro atoms. The number of carbonyl (C=O) groups is 2. The zero-order chi connectivity index (χ0) is 20.2. The van der Waals surface area contributed by atoms with E-state index < -0.39 is 0 Å². The van der Waals surface area contributed by atoms with Crippen LogP contribution in [0.5, 0.6) is 11.5 Å². The Bertz CT molecular complexity index is 677. The molecule has 0 heterocycles. The van der Waals surface area contributed by atoms with Gasteiger partial charge in [0.15, 0.2) is 0 Å². The van der Waals surface area contributed by atoms with Crippen LogP contribution < -0.4 is 20.1 Å². The molecule has 2 amide bonds. The van der Waals surface area contributed by atoms with Crippen molar-refractivity contribution in [1.82, 2.24) is 0 Å². The van der Waals surface area contributed by atoms with Gasteiger partial charge in [0.2, 0.25) is 11.8 Å². The molecule has 0 radical (unpaired) electrons. The van der Waals surface area contributed by atoms with Gasteiger partial charge in [-0.15, -0.1) is 0 Å². The van der Waals surface area contributed by atoms with E-state index in [1.807, 2.05) is 48.5 Å². The number of rotatable bonds is 11. The Hall–Kier alpha value is -3.02. The van der Waals surface area contributed by atoms with E-state index in [2.05, 4.69) is 10.6 Å². The molecule has 0 unspecified atom stereocenters. The molecule has 0 saturated heterocycles. The molecule has 150 valence electrons. The van der Waals surface area contributed by atoms with E-state index in [0.29, 0.717) is 13.2 Å². The third-order valence-corrected chi connectivity index (χ3v) is 3.93. The lowest BCUT2D eigenvalue weighted by Crippen LogP contribution is -2.05. The molecule has 2 aromatic rings. The largest absolute Gasteiger partial charge is 0.494 e. The van der Waals surface area contributed by atoms with E-state index in [1.54, 1.807) is 0 Å². The molecule has 2 rings (SSSR count). The second-order valence-corrected chi connectivity index (χ2v) is 6.52. The Kier molecular flexibility index (Phi) is 8.85. The summed E-state index contributed by atoms with van der Waals surface area (Å²) in [6, 6.07) is 14.8. The number of anilines is 2. The summed E-state index contributed by atoms with van der Waals surface area (Å²) in [6.07, 6.45) is 4.13. The van der Waals surface area contributed by atoms with Gasteiger partial charge in [-0.05, 0) is 74.2 Å². The number of unbranched alkanes of at least 4 members (excludes halogenated alkanes) is 3. The lowest BCUT2D eigenvalue weighted by molar-refractivity contribution is -0.115. The summed E-state index contributed by atoms with van der Waals surface area (Å²) < 4.78 is 11.4. The first-order valence-electron chi connectivity index (χ1n) is 9.54. The van der Waals surface area contributed by atoms with E-state index in [0.717, 1.165) is 48.6 Å². The first kappa shape index (κ1) is 21.3. The first-order chi connectivity index (χ1) is 13.5. The van der Waals surface area contributed by atoms with E-state index in [-0.39, 0.29) is 11.8 Å². The van der Waals surface area contributed by atoms with Gasteiger partial charge in [0.1, 0.15) is 11.5 Å². The molecule has 6 nitrogen and oxygen atoms in total. The molecular weight excluding hydrogens is 356 g/mol. The number of benzene rings is 2. The monoisotopic (exact) mass is 384 g/mol. The molecule has 2 aromatic carbocycles. The minimum absolute atomic E-state index is 0.0837. The Balaban J connectivity index is 1.51. The van der Waals surface area contributed by atoms with Gasteiger partial charge in [0, 0.05) is 25.2 Å². The average Bonchev–Trinajstić information content (AvgIpc) is 2.65. The van der Waals surface area contributed by atoms with E-state index in [9.17, 15) is 9.59 Å². The van der Waals surface area contributed by atoms with Crippen molar-refractivity contribution in [2.75, 3.05) is 23.8 Å².